The van der Waals surface area contributed by atoms with Gasteiger partial charge in [0.15, 0.2) is 0 Å². The molecule has 1 aromatic rings. The molecule has 0 atom stereocenters. The van der Waals surface area contributed by atoms with E-state index in [0.29, 0.717) is 6.42 Å². The molecule has 0 fully saturated rings. The van der Waals surface area contributed by atoms with Gasteiger partial charge in [0.1, 0.15) is 5.75 Å². The molecular weight excluding hydrogens is 248 g/mol. The minimum Gasteiger partial charge on any atom is -0.494 e. The molecule has 1 aromatic carbocycles. The van der Waals surface area contributed by atoms with Crippen molar-refractivity contribution >= 4 is 17.7 Å². The Morgan fingerprint density at radius 2 is 2.00 bits per heavy atom. The molecule has 0 saturated carbocycles. The van der Waals surface area contributed by atoms with Gasteiger partial charge in [0.05, 0.1) is 20.1 Å². The molecule has 1 rings (SSSR count). The average molecular weight is 268 g/mol. The lowest BCUT2D eigenvalue weighted by Gasteiger charge is -2.06. The molecule has 0 aliphatic heterocycles. The molecular formula is C14H20O3S. The van der Waals surface area contributed by atoms with E-state index >= 15 is 0 Å². The number of carbonyl (C=O) groups excluding carboxylic acids is 1. The number of hydrogen-bond acceptors (Lipinski definition) is 4. The second-order valence-corrected chi connectivity index (χ2v) is 5.19. The van der Waals surface area contributed by atoms with Crippen LogP contribution in [0.2, 0.25) is 0 Å². The van der Waals surface area contributed by atoms with Crippen LogP contribution < -0.4 is 4.74 Å². The molecule has 0 bridgehead atoms. The maximum atomic E-state index is 11.1. The van der Waals surface area contributed by atoms with E-state index in [1.165, 1.54) is 7.11 Å². The zero-order valence-corrected chi connectivity index (χ0v) is 11.8. The molecule has 0 aliphatic rings. The van der Waals surface area contributed by atoms with E-state index in [4.69, 9.17) is 4.74 Å². The van der Waals surface area contributed by atoms with Crippen molar-refractivity contribution in [3.63, 3.8) is 0 Å². The molecule has 0 unspecified atom stereocenters. The molecule has 0 spiro atoms. The van der Waals surface area contributed by atoms with Gasteiger partial charge >= 0.3 is 5.97 Å². The van der Waals surface area contributed by atoms with Crippen LogP contribution in [-0.4, -0.2) is 31.2 Å². The monoisotopic (exact) mass is 268 g/mol. The minimum absolute atomic E-state index is 0.222. The van der Waals surface area contributed by atoms with Gasteiger partial charge < -0.3 is 9.47 Å². The number of esters is 1. The number of carbonyl (C=O) groups is 1. The Morgan fingerprint density at radius 1 is 1.28 bits per heavy atom. The topological polar surface area (TPSA) is 35.5 Å². The Morgan fingerprint density at radius 3 is 2.61 bits per heavy atom. The van der Waals surface area contributed by atoms with Crippen LogP contribution in [0.15, 0.2) is 24.3 Å². The van der Waals surface area contributed by atoms with Crippen molar-refractivity contribution in [1.29, 1.82) is 0 Å². The highest BCUT2D eigenvalue weighted by molar-refractivity contribution is 7.99. The number of benzene rings is 1. The average Bonchev–Trinajstić information content (AvgIpc) is 2.40. The standard InChI is InChI=1S/C14H20O3S/c1-3-18-10-4-9-17-13-7-5-12(6-8-13)11-14(15)16-2/h5-8H,3-4,9-11H2,1-2H3. The van der Waals surface area contributed by atoms with E-state index in [9.17, 15) is 4.79 Å². The fourth-order valence-corrected chi connectivity index (χ4v) is 2.05. The zero-order valence-electron chi connectivity index (χ0n) is 11.0. The Labute approximate surface area is 113 Å². The predicted molar refractivity (Wildman–Crippen MR) is 75.3 cm³/mol. The smallest absolute Gasteiger partial charge is 0.309 e. The number of rotatable bonds is 8. The lowest BCUT2D eigenvalue weighted by Crippen LogP contribution is -2.04. The first-order valence-corrected chi connectivity index (χ1v) is 7.28. The lowest BCUT2D eigenvalue weighted by atomic mass is 10.1. The Bertz CT molecular complexity index is 349. The summed E-state index contributed by atoms with van der Waals surface area (Å²) in [5.41, 5.74) is 0.940. The maximum Gasteiger partial charge on any atom is 0.309 e. The molecule has 0 heterocycles. The van der Waals surface area contributed by atoms with Gasteiger partial charge in [0, 0.05) is 0 Å². The summed E-state index contributed by atoms with van der Waals surface area (Å²) in [6.07, 6.45) is 1.37. The van der Waals surface area contributed by atoms with E-state index in [-0.39, 0.29) is 5.97 Å². The van der Waals surface area contributed by atoms with Crippen LogP contribution in [0.5, 0.6) is 5.75 Å². The second kappa shape index (κ2) is 8.86. The van der Waals surface area contributed by atoms with Gasteiger partial charge in [0.2, 0.25) is 0 Å². The van der Waals surface area contributed by atoms with Crippen molar-refractivity contribution in [2.75, 3.05) is 25.2 Å². The molecule has 0 N–H and O–H groups in total. The third-order valence-corrected chi connectivity index (χ3v) is 3.39. The summed E-state index contributed by atoms with van der Waals surface area (Å²) >= 11 is 1.92. The number of hydrogen-bond donors (Lipinski definition) is 0. The van der Waals surface area contributed by atoms with Gasteiger partial charge in [0.25, 0.3) is 0 Å². The van der Waals surface area contributed by atoms with Crippen LogP contribution in [0.25, 0.3) is 0 Å². The maximum absolute atomic E-state index is 11.1. The van der Waals surface area contributed by atoms with Crippen molar-refractivity contribution < 1.29 is 14.3 Å². The van der Waals surface area contributed by atoms with Gasteiger partial charge in [-0.1, -0.05) is 19.1 Å². The lowest BCUT2D eigenvalue weighted by molar-refractivity contribution is -0.139. The molecule has 0 saturated heterocycles. The first kappa shape index (κ1) is 14.9. The van der Waals surface area contributed by atoms with Crippen LogP contribution in [0.1, 0.15) is 18.9 Å². The number of ether oxygens (including phenoxy) is 2. The summed E-state index contributed by atoms with van der Waals surface area (Å²) < 4.78 is 10.2. The summed E-state index contributed by atoms with van der Waals surface area (Å²) in [5, 5.41) is 0. The minimum atomic E-state index is -0.222. The summed E-state index contributed by atoms with van der Waals surface area (Å²) in [4.78, 5) is 11.1. The van der Waals surface area contributed by atoms with E-state index < -0.39 is 0 Å². The van der Waals surface area contributed by atoms with Crippen LogP contribution >= 0.6 is 11.8 Å². The van der Waals surface area contributed by atoms with E-state index in [0.717, 1.165) is 35.8 Å². The van der Waals surface area contributed by atoms with Crippen molar-refractivity contribution in [1.82, 2.24) is 0 Å². The van der Waals surface area contributed by atoms with E-state index in [1.54, 1.807) is 0 Å². The third-order valence-electron chi connectivity index (χ3n) is 2.41. The van der Waals surface area contributed by atoms with Crippen molar-refractivity contribution in [3.8, 4) is 5.75 Å². The first-order chi connectivity index (χ1) is 8.76. The van der Waals surface area contributed by atoms with Crippen molar-refractivity contribution in [2.45, 2.75) is 19.8 Å². The highest BCUT2D eigenvalue weighted by Gasteiger charge is 2.02. The van der Waals surface area contributed by atoms with E-state index in [2.05, 4.69) is 11.7 Å². The van der Waals surface area contributed by atoms with Crippen molar-refractivity contribution in [2.24, 2.45) is 0 Å². The van der Waals surface area contributed by atoms with Crippen LogP contribution in [-0.2, 0) is 16.0 Å². The first-order valence-electron chi connectivity index (χ1n) is 6.12. The van der Waals surface area contributed by atoms with E-state index in [1.807, 2.05) is 36.0 Å². The van der Waals surface area contributed by atoms with Gasteiger partial charge in [-0.15, -0.1) is 0 Å². The molecule has 0 aliphatic carbocycles. The quantitative estimate of drug-likeness (QED) is 0.536. The Balaban J connectivity index is 2.29. The summed E-state index contributed by atoms with van der Waals surface area (Å²) in [5.74, 6) is 2.92. The van der Waals surface area contributed by atoms with Gasteiger partial charge in [-0.25, -0.2) is 0 Å². The Hall–Kier alpha value is -1.16. The number of methoxy groups -OCH3 is 1. The fourth-order valence-electron chi connectivity index (χ4n) is 1.44. The van der Waals surface area contributed by atoms with Gasteiger partial charge in [-0.05, 0) is 35.6 Å². The normalized spacial score (nSPS) is 10.1. The highest BCUT2D eigenvalue weighted by Crippen LogP contribution is 2.13. The SMILES string of the molecule is CCSCCCOc1ccc(CC(=O)OC)cc1. The summed E-state index contributed by atoms with van der Waals surface area (Å²) in [6, 6.07) is 7.58. The molecule has 3 nitrogen and oxygen atoms in total. The second-order valence-electron chi connectivity index (χ2n) is 3.80. The molecule has 4 heteroatoms. The molecule has 100 valence electrons. The predicted octanol–water partition coefficient (Wildman–Crippen LogP) is 2.92. The fraction of sp³-hybridized carbons (Fsp3) is 0.500. The van der Waals surface area contributed by atoms with Crippen LogP contribution in [0, 0.1) is 0 Å². The molecule has 0 amide bonds. The Kier molecular flexibility index (Phi) is 7.34. The van der Waals surface area contributed by atoms with Gasteiger partial charge in [-0.2, -0.15) is 11.8 Å². The highest BCUT2D eigenvalue weighted by atomic mass is 32.2. The number of thioether (sulfide) groups is 1. The third kappa shape index (κ3) is 5.96. The summed E-state index contributed by atoms with van der Waals surface area (Å²) in [7, 11) is 1.40. The van der Waals surface area contributed by atoms with Crippen LogP contribution in [0.4, 0.5) is 0 Å². The largest absolute Gasteiger partial charge is 0.494 e. The zero-order chi connectivity index (χ0) is 13.2. The van der Waals surface area contributed by atoms with Crippen molar-refractivity contribution in [3.05, 3.63) is 29.8 Å². The summed E-state index contributed by atoms with van der Waals surface area (Å²) in [6.45, 7) is 2.90. The van der Waals surface area contributed by atoms with Crippen LogP contribution in [0.3, 0.4) is 0 Å². The van der Waals surface area contributed by atoms with Gasteiger partial charge in [-0.3, -0.25) is 4.79 Å². The molecule has 0 aromatic heterocycles. The molecule has 0 radical (unpaired) electrons. The molecule has 18 heavy (non-hydrogen) atoms.